The Labute approximate surface area is 165 Å². The van der Waals surface area contributed by atoms with Gasteiger partial charge in [0.05, 0.1) is 11.4 Å². The van der Waals surface area contributed by atoms with Crippen molar-refractivity contribution >= 4 is 21.6 Å². The molecule has 3 rings (SSSR count). The van der Waals surface area contributed by atoms with Gasteiger partial charge < -0.3 is 10.4 Å². The molecule has 1 amide bonds. The van der Waals surface area contributed by atoms with Crippen LogP contribution in [0.5, 0.6) is 5.75 Å². The lowest BCUT2D eigenvalue weighted by atomic mass is 10.0. The summed E-state index contributed by atoms with van der Waals surface area (Å²) in [5, 5.41) is 17.5. The average molecular weight is 404 g/mol. The van der Waals surface area contributed by atoms with Crippen LogP contribution in [0.15, 0.2) is 41.3 Å². The first-order valence-electron chi connectivity index (χ1n) is 9.12. The highest BCUT2D eigenvalue weighted by atomic mass is 32.2. The van der Waals surface area contributed by atoms with Crippen molar-refractivity contribution < 1.29 is 18.3 Å². The number of amides is 1. The van der Waals surface area contributed by atoms with Gasteiger partial charge >= 0.3 is 0 Å². The third kappa shape index (κ3) is 4.52. The summed E-state index contributed by atoms with van der Waals surface area (Å²) in [7, 11) is -3.85. The van der Waals surface area contributed by atoms with Gasteiger partial charge in [0, 0.05) is 11.7 Å². The summed E-state index contributed by atoms with van der Waals surface area (Å²) in [6.45, 7) is 4.60. The van der Waals surface area contributed by atoms with Gasteiger partial charge in [0.15, 0.2) is 0 Å². The van der Waals surface area contributed by atoms with Crippen molar-refractivity contribution in [2.45, 2.75) is 37.6 Å². The maximum absolute atomic E-state index is 12.7. The minimum absolute atomic E-state index is 0.0194. The summed E-state index contributed by atoms with van der Waals surface area (Å²) >= 11 is 0. The van der Waals surface area contributed by atoms with E-state index in [4.69, 9.17) is 5.14 Å². The molecule has 2 aromatic rings. The van der Waals surface area contributed by atoms with Crippen LogP contribution in [0.25, 0.3) is 0 Å². The molecule has 0 aliphatic carbocycles. The molecule has 0 unspecified atom stereocenters. The lowest BCUT2D eigenvalue weighted by Gasteiger charge is -2.24. The number of carbonyl (C=O) groups excluding carboxylic acids is 1. The number of rotatable bonds is 5. The van der Waals surface area contributed by atoms with Gasteiger partial charge in [-0.2, -0.15) is 0 Å². The first kappa shape index (κ1) is 20.3. The molecule has 4 N–H and O–H groups in total. The maximum Gasteiger partial charge on any atom is 0.238 e. The van der Waals surface area contributed by atoms with E-state index in [0.717, 1.165) is 36.1 Å². The van der Waals surface area contributed by atoms with Crippen molar-refractivity contribution in [3.05, 3.63) is 53.1 Å². The second-order valence-electron chi connectivity index (χ2n) is 7.23. The van der Waals surface area contributed by atoms with E-state index >= 15 is 0 Å². The number of nitrogens with zero attached hydrogens (tertiary/aromatic N) is 1. The number of phenolic OH excluding ortho intramolecular Hbond substituents is 1. The summed E-state index contributed by atoms with van der Waals surface area (Å²) < 4.78 is 23.4. The molecule has 0 aromatic heterocycles. The van der Waals surface area contributed by atoms with E-state index < -0.39 is 10.0 Å². The second kappa shape index (κ2) is 7.90. The summed E-state index contributed by atoms with van der Waals surface area (Å²) in [4.78, 5) is 14.7. The van der Waals surface area contributed by atoms with Crippen molar-refractivity contribution in [2.24, 2.45) is 5.14 Å². The number of primary sulfonamides is 1. The number of sulfonamides is 1. The van der Waals surface area contributed by atoms with E-state index in [1.54, 1.807) is 19.1 Å². The Morgan fingerprint density at radius 2 is 1.93 bits per heavy atom. The van der Waals surface area contributed by atoms with Crippen LogP contribution in [0.2, 0.25) is 0 Å². The molecular weight excluding hydrogens is 378 g/mol. The lowest BCUT2D eigenvalue weighted by Crippen LogP contribution is -2.33. The Morgan fingerprint density at radius 3 is 2.57 bits per heavy atom. The summed E-state index contributed by atoms with van der Waals surface area (Å²) in [5.74, 6) is 0.00590. The minimum atomic E-state index is -3.85. The smallest absolute Gasteiger partial charge is 0.238 e. The number of aryl methyl sites for hydroxylation is 1. The number of benzene rings is 2. The molecule has 1 heterocycles. The van der Waals surface area contributed by atoms with Crippen LogP contribution in [0, 0.1) is 13.8 Å². The molecule has 8 heteroatoms. The minimum Gasteiger partial charge on any atom is -0.508 e. The number of hydrogen-bond donors (Lipinski definition) is 3. The van der Waals surface area contributed by atoms with Crippen LogP contribution < -0.4 is 10.5 Å². The van der Waals surface area contributed by atoms with Crippen LogP contribution in [-0.2, 0) is 14.8 Å². The molecule has 1 saturated heterocycles. The Kier molecular flexibility index (Phi) is 5.74. The molecule has 0 saturated carbocycles. The number of likely N-dealkylation sites (tertiary alicyclic amines) is 1. The molecule has 150 valence electrons. The molecular formula is C20H25N3O4S. The molecule has 28 heavy (non-hydrogen) atoms. The van der Waals surface area contributed by atoms with Crippen molar-refractivity contribution in [2.75, 3.05) is 18.4 Å². The van der Waals surface area contributed by atoms with E-state index in [1.165, 1.54) is 12.1 Å². The average Bonchev–Trinajstić information content (AvgIpc) is 3.06. The van der Waals surface area contributed by atoms with Crippen LogP contribution in [0.3, 0.4) is 0 Å². The van der Waals surface area contributed by atoms with Gasteiger partial charge in [-0.15, -0.1) is 0 Å². The number of hydrogen-bond acceptors (Lipinski definition) is 5. The van der Waals surface area contributed by atoms with E-state index in [1.807, 2.05) is 19.1 Å². The van der Waals surface area contributed by atoms with Gasteiger partial charge in [0.25, 0.3) is 0 Å². The summed E-state index contributed by atoms with van der Waals surface area (Å²) in [6.07, 6.45) is 1.93. The molecule has 7 nitrogen and oxygen atoms in total. The predicted molar refractivity (Wildman–Crippen MR) is 108 cm³/mol. The third-order valence-electron chi connectivity index (χ3n) is 5.23. The Hall–Kier alpha value is -2.42. The van der Waals surface area contributed by atoms with Gasteiger partial charge in [-0.3, -0.25) is 9.69 Å². The zero-order chi connectivity index (χ0) is 20.5. The van der Waals surface area contributed by atoms with Gasteiger partial charge in [-0.05, 0) is 74.2 Å². The van der Waals surface area contributed by atoms with E-state index in [9.17, 15) is 18.3 Å². The van der Waals surface area contributed by atoms with Crippen molar-refractivity contribution in [3.8, 4) is 5.75 Å². The van der Waals surface area contributed by atoms with E-state index in [2.05, 4.69) is 10.2 Å². The lowest BCUT2D eigenvalue weighted by molar-refractivity contribution is -0.117. The molecule has 2 aromatic carbocycles. The van der Waals surface area contributed by atoms with Gasteiger partial charge in [-0.25, -0.2) is 13.6 Å². The summed E-state index contributed by atoms with van der Waals surface area (Å²) in [5.41, 5.74) is 3.06. The molecule has 0 radical (unpaired) electrons. The number of anilines is 1. The molecule has 1 fully saturated rings. The summed E-state index contributed by atoms with van der Waals surface area (Å²) in [6, 6.07) is 10.1. The normalized spacial score (nSPS) is 17.6. The topological polar surface area (TPSA) is 113 Å². The maximum atomic E-state index is 12.7. The number of phenols is 1. The number of carbonyl (C=O) groups is 1. The zero-order valence-electron chi connectivity index (χ0n) is 16.0. The molecule has 0 bridgehead atoms. The fourth-order valence-electron chi connectivity index (χ4n) is 3.58. The SMILES string of the molecule is Cc1cc(S(N)(=O)=O)cc(NC(=O)CN2CCC[C@H]2c2ccc(O)cc2)c1C. The zero-order valence-corrected chi connectivity index (χ0v) is 16.8. The molecule has 1 atom stereocenters. The highest BCUT2D eigenvalue weighted by Crippen LogP contribution is 2.32. The Morgan fingerprint density at radius 1 is 1.25 bits per heavy atom. The standard InChI is InChI=1S/C20H25N3O4S/c1-13-10-17(28(21,26)27)11-18(14(13)2)22-20(25)12-23-9-3-4-19(23)15-5-7-16(24)8-6-15/h5-8,10-11,19,24H,3-4,9,12H2,1-2H3,(H,22,25)(H2,21,26,27)/t19-/m0/s1. The first-order valence-corrected chi connectivity index (χ1v) is 10.7. The van der Waals surface area contributed by atoms with Gasteiger partial charge in [0.2, 0.25) is 15.9 Å². The van der Waals surface area contributed by atoms with Crippen LogP contribution in [0.4, 0.5) is 5.69 Å². The van der Waals surface area contributed by atoms with E-state index in [-0.39, 0.29) is 29.1 Å². The highest BCUT2D eigenvalue weighted by molar-refractivity contribution is 7.89. The highest BCUT2D eigenvalue weighted by Gasteiger charge is 2.27. The number of aromatic hydroxyl groups is 1. The van der Waals surface area contributed by atoms with E-state index in [0.29, 0.717) is 5.69 Å². The quantitative estimate of drug-likeness (QED) is 0.710. The van der Waals surface area contributed by atoms with Crippen molar-refractivity contribution in [3.63, 3.8) is 0 Å². The second-order valence-corrected chi connectivity index (χ2v) is 8.79. The van der Waals surface area contributed by atoms with Gasteiger partial charge in [-0.1, -0.05) is 12.1 Å². The predicted octanol–water partition coefficient (Wildman–Crippen LogP) is 2.43. The Bertz CT molecular complexity index is 987. The van der Waals surface area contributed by atoms with Gasteiger partial charge in [0.1, 0.15) is 5.75 Å². The number of nitrogens with one attached hydrogen (secondary N) is 1. The fourth-order valence-corrected chi connectivity index (χ4v) is 4.21. The Balaban J connectivity index is 1.75. The monoisotopic (exact) mass is 403 g/mol. The van der Waals surface area contributed by atoms with Crippen LogP contribution in [-0.4, -0.2) is 37.4 Å². The largest absolute Gasteiger partial charge is 0.508 e. The molecule has 0 spiro atoms. The molecule has 1 aliphatic rings. The first-order chi connectivity index (χ1) is 13.1. The van der Waals surface area contributed by atoms with Crippen LogP contribution >= 0.6 is 0 Å². The fraction of sp³-hybridized carbons (Fsp3) is 0.350. The number of nitrogens with two attached hydrogens (primary N) is 1. The van der Waals surface area contributed by atoms with Crippen molar-refractivity contribution in [1.29, 1.82) is 0 Å². The molecule has 1 aliphatic heterocycles. The third-order valence-corrected chi connectivity index (χ3v) is 6.12. The van der Waals surface area contributed by atoms with Crippen LogP contribution in [0.1, 0.15) is 35.6 Å². The van der Waals surface area contributed by atoms with Crippen molar-refractivity contribution in [1.82, 2.24) is 4.90 Å².